The van der Waals surface area contributed by atoms with Crippen LogP contribution in [0.25, 0.3) is 0 Å². The smallest absolute Gasteiger partial charge is 0.219 e. The lowest BCUT2D eigenvalue weighted by Crippen LogP contribution is -2.38. The van der Waals surface area contributed by atoms with Crippen molar-refractivity contribution in [1.29, 1.82) is 5.26 Å². The number of rotatable bonds is 5. The Hall–Kier alpha value is -3.07. The van der Waals surface area contributed by atoms with Crippen LogP contribution in [0.4, 0.5) is 5.13 Å². The molecule has 2 N–H and O–H groups in total. The summed E-state index contributed by atoms with van der Waals surface area (Å²) in [5.41, 5.74) is 10.5. The van der Waals surface area contributed by atoms with E-state index in [1.165, 1.54) is 28.7 Å². The fourth-order valence-corrected chi connectivity index (χ4v) is 5.73. The number of nitrogens with two attached hydrogens (primary N) is 1. The van der Waals surface area contributed by atoms with Crippen molar-refractivity contribution in [2.75, 3.05) is 10.7 Å². The molecule has 2 aliphatic rings. The van der Waals surface area contributed by atoms with Crippen LogP contribution in [-0.2, 0) is 4.79 Å². The Kier molecular flexibility index (Phi) is 6.36. The van der Waals surface area contributed by atoms with Crippen LogP contribution in [0.3, 0.4) is 0 Å². The Labute approximate surface area is 196 Å². The van der Waals surface area contributed by atoms with E-state index in [9.17, 15) is 10.1 Å². The largest absolute Gasteiger partial charge is 0.384 e. The molecule has 6 nitrogen and oxygen atoms in total. The Morgan fingerprint density at radius 3 is 2.72 bits per heavy atom. The number of carbonyl (C=O) groups excluding carboxylic acids is 1. The van der Waals surface area contributed by atoms with Crippen molar-refractivity contribution >= 4 is 34.0 Å². The minimum absolute atomic E-state index is 0.0564. The highest BCUT2D eigenvalue weighted by Crippen LogP contribution is 2.47. The van der Waals surface area contributed by atoms with E-state index in [-0.39, 0.29) is 5.78 Å². The molecule has 1 unspecified atom stereocenters. The van der Waals surface area contributed by atoms with Crippen molar-refractivity contribution in [3.8, 4) is 18.4 Å². The Morgan fingerprint density at radius 1 is 1.31 bits per heavy atom. The average molecular weight is 462 g/mol. The van der Waals surface area contributed by atoms with Crippen LogP contribution in [-0.4, -0.2) is 21.7 Å². The quantitative estimate of drug-likeness (QED) is 0.510. The van der Waals surface area contributed by atoms with Crippen molar-refractivity contribution in [3.05, 3.63) is 58.1 Å². The number of nitriles is 1. The second-order valence-electron chi connectivity index (χ2n) is 7.98. The van der Waals surface area contributed by atoms with Gasteiger partial charge >= 0.3 is 0 Å². The van der Waals surface area contributed by atoms with Gasteiger partial charge in [0, 0.05) is 17.7 Å². The second kappa shape index (κ2) is 9.20. The number of thioether (sulfide) groups is 1. The van der Waals surface area contributed by atoms with E-state index in [0.29, 0.717) is 46.6 Å². The summed E-state index contributed by atoms with van der Waals surface area (Å²) in [5, 5.41) is 19.1. The topological polar surface area (TPSA) is 95.9 Å². The molecule has 1 aliphatic carbocycles. The van der Waals surface area contributed by atoms with Crippen LogP contribution in [0.5, 0.6) is 0 Å². The predicted molar refractivity (Wildman–Crippen MR) is 128 cm³/mol. The van der Waals surface area contributed by atoms with Gasteiger partial charge in [0.25, 0.3) is 0 Å². The molecule has 0 saturated heterocycles. The molecule has 32 heavy (non-hydrogen) atoms. The summed E-state index contributed by atoms with van der Waals surface area (Å²) in [6.07, 6.45) is 7.24. The van der Waals surface area contributed by atoms with Gasteiger partial charge in [0.1, 0.15) is 5.82 Å². The molecule has 1 aromatic carbocycles. The molecule has 0 spiro atoms. The molecule has 2 aromatic rings. The average Bonchev–Trinajstić information content (AvgIpc) is 3.25. The van der Waals surface area contributed by atoms with Crippen LogP contribution >= 0.6 is 23.1 Å². The summed E-state index contributed by atoms with van der Waals surface area (Å²) < 4.78 is 0.722. The monoisotopic (exact) mass is 461 g/mol. The van der Waals surface area contributed by atoms with E-state index in [4.69, 9.17) is 12.2 Å². The van der Waals surface area contributed by atoms with Gasteiger partial charge in [0.15, 0.2) is 10.1 Å². The number of nitrogens with zero attached hydrogens (tertiary/aromatic N) is 4. The second-order valence-corrected chi connectivity index (χ2v) is 10.2. The molecule has 1 atom stereocenters. The molecule has 0 fully saturated rings. The first-order chi connectivity index (χ1) is 15.5. The normalized spacial score (nSPS) is 18.6. The standard InChI is InChI=1S/C24H23N5OS2/c1-4-12-31-24-28-27-23(32-24)29-18-6-5-7-19(30)21(18)20(17(13-25)22(29)26)16-10-8-15(9-11-16)14(2)3/h1,8-11,14,20H,5-7,12,26H2,2-3H3. The van der Waals surface area contributed by atoms with E-state index in [1.54, 1.807) is 4.90 Å². The first-order valence-corrected chi connectivity index (χ1v) is 12.2. The lowest BCUT2D eigenvalue weighted by Gasteiger charge is -2.38. The van der Waals surface area contributed by atoms with Crippen molar-refractivity contribution < 1.29 is 4.79 Å². The SMILES string of the molecule is C#CCSc1nnc(N2C(N)=C(C#N)C(c3ccc(C(C)C)cc3)C3=C2CCCC3=O)s1. The van der Waals surface area contributed by atoms with Gasteiger partial charge in [0.05, 0.1) is 23.3 Å². The molecule has 2 heterocycles. The van der Waals surface area contributed by atoms with Gasteiger partial charge in [-0.15, -0.1) is 16.6 Å². The highest BCUT2D eigenvalue weighted by Gasteiger charge is 2.41. The molecular weight excluding hydrogens is 438 g/mol. The number of carbonyl (C=O) groups is 1. The fourth-order valence-electron chi connectivity index (χ4n) is 4.17. The van der Waals surface area contributed by atoms with Crippen molar-refractivity contribution in [2.45, 2.75) is 49.3 Å². The maximum atomic E-state index is 13.2. The van der Waals surface area contributed by atoms with Crippen LogP contribution < -0.4 is 10.6 Å². The molecule has 162 valence electrons. The molecule has 0 radical (unpaired) electrons. The number of aromatic nitrogens is 2. The number of hydrogen-bond acceptors (Lipinski definition) is 8. The van der Waals surface area contributed by atoms with Gasteiger partial charge in [-0.25, -0.2) is 0 Å². The molecule has 4 rings (SSSR count). The number of Topliss-reactive ketones (excluding diaryl/α,β-unsaturated/α-hetero) is 1. The first-order valence-electron chi connectivity index (χ1n) is 10.4. The third-order valence-electron chi connectivity index (χ3n) is 5.72. The third kappa shape index (κ3) is 3.92. The lowest BCUT2D eigenvalue weighted by atomic mass is 9.75. The highest BCUT2D eigenvalue weighted by atomic mass is 32.2. The summed E-state index contributed by atoms with van der Waals surface area (Å²) in [4.78, 5) is 14.9. The van der Waals surface area contributed by atoms with Gasteiger partial charge in [-0.1, -0.05) is 67.1 Å². The highest BCUT2D eigenvalue weighted by molar-refractivity contribution is 8.01. The Morgan fingerprint density at radius 2 is 2.06 bits per heavy atom. The van der Waals surface area contributed by atoms with Gasteiger partial charge in [-0.2, -0.15) is 5.26 Å². The molecular formula is C24H23N5OS2. The predicted octanol–water partition coefficient (Wildman–Crippen LogP) is 4.69. The first kappa shape index (κ1) is 22.1. The van der Waals surface area contributed by atoms with Gasteiger partial charge in [0.2, 0.25) is 5.13 Å². The van der Waals surface area contributed by atoms with Crippen LogP contribution in [0, 0.1) is 23.7 Å². The molecule has 0 saturated carbocycles. The van der Waals surface area contributed by atoms with E-state index in [1.807, 2.05) is 12.1 Å². The fraction of sp³-hybridized carbons (Fsp3) is 0.333. The zero-order chi connectivity index (χ0) is 22.8. The molecule has 1 aliphatic heterocycles. The number of terminal acetylenes is 1. The minimum Gasteiger partial charge on any atom is -0.384 e. The van der Waals surface area contributed by atoms with E-state index < -0.39 is 5.92 Å². The Bertz CT molecular complexity index is 1190. The zero-order valence-corrected chi connectivity index (χ0v) is 19.6. The minimum atomic E-state index is -0.469. The summed E-state index contributed by atoms with van der Waals surface area (Å²) >= 11 is 2.78. The number of hydrogen-bond donors (Lipinski definition) is 1. The Balaban J connectivity index is 1.84. The maximum absolute atomic E-state index is 13.2. The molecule has 1 aromatic heterocycles. The van der Waals surface area contributed by atoms with Crippen molar-refractivity contribution in [2.24, 2.45) is 5.73 Å². The lowest BCUT2D eigenvalue weighted by molar-refractivity contribution is -0.116. The van der Waals surface area contributed by atoms with E-state index in [2.05, 4.69) is 48.2 Å². The van der Waals surface area contributed by atoms with Gasteiger partial charge in [-0.05, 0) is 29.9 Å². The number of ketones is 1. The van der Waals surface area contributed by atoms with E-state index in [0.717, 1.165) is 22.0 Å². The summed E-state index contributed by atoms with van der Waals surface area (Å²) in [5.74, 6) is 3.35. The summed E-state index contributed by atoms with van der Waals surface area (Å²) in [6.45, 7) is 4.27. The summed E-state index contributed by atoms with van der Waals surface area (Å²) in [6, 6.07) is 10.4. The van der Waals surface area contributed by atoms with Gasteiger partial charge in [-0.3, -0.25) is 9.69 Å². The van der Waals surface area contributed by atoms with Crippen molar-refractivity contribution in [3.63, 3.8) is 0 Å². The zero-order valence-electron chi connectivity index (χ0n) is 18.0. The van der Waals surface area contributed by atoms with E-state index >= 15 is 0 Å². The molecule has 0 amide bonds. The number of benzene rings is 1. The number of anilines is 1. The maximum Gasteiger partial charge on any atom is 0.219 e. The van der Waals surface area contributed by atoms with Crippen LogP contribution in [0.15, 0.2) is 51.3 Å². The van der Waals surface area contributed by atoms with Crippen LogP contribution in [0.2, 0.25) is 0 Å². The molecule has 8 heteroatoms. The van der Waals surface area contributed by atoms with Gasteiger partial charge < -0.3 is 5.73 Å². The van der Waals surface area contributed by atoms with Crippen LogP contribution in [0.1, 0.15) is 56.1 Å². The van der Waals surface area contributed by atoms with Crippen molar-refractivity contribution in [1.82, 2.24) is 10.2 Å². The molecule has 0 bridgehead atoms. The third-order valence-corrected chi connectivity index (χ3v) is 7.66. The number of allylic oxidation sites excluding steroid dienone is 3. The summed E-state index contributed by atoms with van der Waals surface area (Å²) in [7, 11) is 0.